The summed E-state index contributed by atoms with van der Waals surface area (Å²) in [5, 5.41) is 22.1. The third-order valence-electron chi connectivity index (χ3n) is 12.0. The van der Waals surface area contributed by atoms with Crippen LogP contribution in [-0.2, 0) is 14.3 Å². The number of rotatable bonds is 3. The Bertz CT molecular complexity index is 1150. The number of ether oxygens (including phenoxy) is 1. The van der Waals surface area contributed by atoms with Crippen molar-refractivity contribution in [1.29, 1.82) is 0 Å². The molecule has 5 aliphatic carbocycles. The summed E-state index contributed by atoms with van der Waals surface area (Å²) in [5.74, 6) is -3.22. The fourth-order valence-corrected chi connectivity index (χ4v) is 9.72. The van der Waals surface area contributed by atoms with Crippen molar-refractivity contribution >= 4 is 29.0 Å². The minimum Gasteiger partial charge on any atom is -0.499 e. The number of aliphatic hydroxyl groups is 2. The van der Waals surface area contributed by atoms with E-state index < -0.39 is 74.9 Å². The predicted molar refractivity (Wildman–Crippen MR) is 138 cm³/mol. The summed E-state index contributed by atoms with van der Waals surface area (Å²) in [6.45, 7) is 13.1. The molecule has 0 amide bonds. The van der Waals surface area contributed by atoms with Crippen molar-refractivity contribution < 1.29 is 33.3 Å². The Labute approximate surface area is 222 Å². The van der Waals surface area contributed by atoms with E-state index in [1.54, 1.807) is 13.8 Å². The van der Waals surface area contributed by atoms with Gasteiger partial charge in [0.25, 0.3) is 0 Å². The molecule has 0 saturated heterocycles. The molecular weight excluding hydrogens is 498 g/mol. The molecule has 1 unspecified atom stereocenters. The maximum absolute atomic E-state index is 17.4. The highest BCUT2D eigenvalue weighted by Gasteiger charge is 2.79. The van der Waals surface area contributed by atoms with Gasteiger partial charge in [-0.3, -0.25) is 9.59 Å². The Morgan fingerprint density at radius 1 is 1.11 bits per heavy atom. The number of halogens is 2. The normalized spacial score (nSPS) is 49.4. The van der Waals surface area contributed by atoms with Crippen LogP contribution in [0, 0.1) is 45.3 Å². The van der Waals surface area contributed by atoms with Gasteiger partial charge in [-0.1, -0.05) is 47.6 Å². The molecule has 4 fully saturated rings. The summed E-state index contributed by atoms with van der Waals surface area (Å²) in [4.78, 5) is 25.6. The summed E-state index contributed by atoms with van der Waals surface area (Å²) < 4.78 is 39.3. The number of hydrogen-bond acceptors (Lipinski definition) is 5. The number of esters is 1. The van der Waals surface area contributed by atoms with E-state index in [2.05, 4.69) is 0 Å². The molecule has 0 heterocycles. The zero-order chi connectivity index (χ0) is 27.7. The first kappa shape index (κ1) is 26.9. The summed E-state index contributed by atoms with van der Waals surface area (Å²) in [5.41, 5.74) is -7.06. The average Bonchev–Trinajstić information content (AvgIpc) is 3.08. The predicted octanol–water partition coefficient (Wildman–Crippen LogP) is 5.40. The maximum Gasteiger partial charge on any atom is 0.311 e. The van der Waals surface area contributed by atoms with Crippen molar-refractivity contribution in [2.45, 2.75) is 91.3 Å². The molecule has 0 aromatic carbocycles. The topological polar surface area (TPSA) is 83.8 Å². The lowest BCUT2D eigenvalue weighted by Crippen LogP contribution is -2.70. The first-order valence-electron chi connectivity index (χ1n) is 13.3. The van der Waals surface area contributed by atoms with Crippen LogP contribution < -0.4 is 0 Å². The first-order chi connectivity index (χ1) is 16.8. The number of thiocarbonyl (C=S) groups is 1. The van der Waals surface area contributed by atoms with Gasteiger partial charge >= 0.3 is 5.97 Å². The number of hydrogen-bond donors (Lipinski definition) is 2. The summed E-state index contributed by atoms with van der Waals surface area (Å²) in [7, 11) is 0. The molecule has 0 bridgehead atoms. The second-order valence-corrected chi connectivity index (χ2v) is 14.2. The Morgan fingerprint density at radius 3 is 2.24 bits per heavy atom. The zero-order valence-corrected chi connectivity index (χ0v) is 23.4. The largest absolute Gasteiger partial charge is 0.499 e. The number of fused-ring (bicyclic) bond motifs is 5. The molecule has 5 nitrogen and oxygen atoms in total. The molecule has 0 aromatic heterocycles. The van der Waals surface area contributed by atoms with Gasteiger partial charge in [0, 0.05) is 22.7 Å². The van der Waals surface area contributed by atoms with E-state index in [1.165, 1.54) is 12.2 Å². The number of allylic oxidation sites excluding steroid dienone is 4. The van der Waals surface area contributed by atoms with Gasteiger partial charge in [0.1, 0.15) is 6.17 Å². The summed E-state index contributed by atoms with van der Waals surface area (Å²) in [6, 6.07) is 0. The van der Waals surface area contributed by atoms with Gasteiger partial charge in [-0.25, -0.2) is 8.78 Å². The van der Waals surface area contributed by atoms with Crippen LogP contribution in [0.2, 0.25) is 0 Å². The van der Waals surface area contributed by atoms with Crippen LogP contribution in [0.25, 0.3) is 0 Å². The van der Waals surface area contributed by atoms with Crippen molar-refractivity contribution in [1.82, 2.24) is 0 Å². The van der Waals surface area contributed by atoms with Crippen LogP contribution >= 0.6 is 12.2 Å². The van der Waals surface area contributed by atoms with Crippen LogP contribution in [0.4, 0.5) is 8.78 Å². The minimum atomic E-state index is -2.25. The molecular formula is C29H38F2O5S. The lowest BCUT2D eigenvalue weighted by Gasteiger charge is -2.63. The van der Waals surface area contributed by atoms with Gasteiger partial charge < -0.3 is 14.9 Å². The number of alkyl halides is 2. The Balaban J connectivity index is 1.59. The third-order valence-corrected chi connectivity index (χ3v) is 12.3. The lowest BCUT2D eigenvalue weighted by molar-refractivity contribution is -0.223. The number of aliphatic hydroxyl groups excluding tert-OH is 2. The van der Waals surface area contributed by atoms with Gasteiger partial charge in [0.05, 0.1) is 12.0 Å². The highest BCUT2D eigenvalue weighted by atomic mass is 32.1. The summed E-state index contributed by atoms with van der Waals surface area (Å²) >= 11 is 5.36. The maximum atomic E-state index is 17.4. The van der Waals surface area contributed by atoms with Gasteiger partial charge in [-0.05, 0) is 72.9 Å². The lowest BCUT2D eigenvalue weighted by atomic mass is 9.44. The number of carbonyl (C=O) groups is 2. The Hall–Kier alpha value is -1.67. The fraction of sp³-hybridized carbons (Fsp3) is 0.759. The van der Waals surface area contributed by atoms with E-state index in [0.717, 1.165) is 6.08 Å². The first-order valence-corrected chi connectivity index (χ1v) is 13.7. The fourth-order valence-electron chi connectivity index (χ4n) is 9.24. The van der Waals surface area contributed by atoms with Crippen LogP contribution in [0.5, 0.6) is 0 Å². The monoisotopic (exact) mass is 536 g/mol. The molecule has 4 saturated carbocycles. The highest BCUT2D eigenvalue weighted by Crippen LogP contribution is 2.73. The average molecular weight is 537 g/mol. The van der Waals surface area contributed by atoms with E-state index in [1.807, 2.05) is 34.6 Å². The number of ketones is 1. The van der Waals surface area contributed by atoms with Crippen LogP contribution in [0.15, 0.2) is 23.8 Å². The van der Waals surface area contributed by atoms with Crippen molar-refractivity contribution in [2.75, 3.05) is 0 Å². The van der Waals surface area contributed by atoms with Crippen LogP contribution in [-0.4, -0.2) is 50.6 Å². The van der Waals surface area contributed by atoms with Crippen LogP contribution in [0.3, 0.4) is 0 Å². The van der Waals surface area contributed by atoms with Gasteiger partial charge in [-0.2, -0.15) is 0 Å². The smallest absolute Gasteiger partial charge is 0.311 e. The van der Waals surface area contributed by atoms with E-state index in [4.69, 9.17) is 17.0 Å². The second-order valence-electron chi connectivity index (χ2n) is 13.8. The van der Waals surface area contributed by atoms with E-state index in [9.17, 15) is 19.8 Å². The highest BCUT2D eigenvalue weighted by molar-refractivity contribution is 7.80. The molecule has 2 N–H and O–H groups in total. The van der Waals surface area contributed by atoms with Crippen molar-refractivity contribution in [3.63, 3.8) is 0 Å². The van der Waals surface area contributed by atoms with E-state index in [0.29, 0.717) is 6.42 Å². The molecule has 5 rings (SSSR count). The Kier molecular flexibility index (Phi) is 5.45. The molecule has 0 radical (unpaired) electrons. The second kappa shape index (κ2) is 7.50. The molecule has 0 aliphatic heterocycles. The standard InChI is InChI=1S/C29H38F2O5S/c1-14-10-16-17-12-19(30)18-11-15(32)8-9-26(18,6)28(17,31)20(33)13-27(16,7)29(14,23(35)37)36-22(34)21-24(2,3)25(21,4)5/h8-9,11,14,16-17,19-21,33H,10,12-13H2,1-7H3,(H,35,37)/t14-,16+,17+,19+,20+,26+,27+,28?,29+/m1/s1. The zero-order valence-electron chi connectivity index (χ0n) is 22.6. The van der Waals surface area contributed by atoms with Gasteiger partial charge in [0.2, 0.25) is 5.05 Å². The molecule has 204 valence electrons. The molecule has 9 atom stereocenters. The minimum absolute atomic E-state index is 0.0565. The van der Waals surface area contributed by atoms with Crippen molar-refractivity contribution in [3.05, 3.63) is 23.8 Å². The van der Waals surface area contributed by atoms with Gasteiger partial charge in [0.15, 0.2) is 17.1 Å². The molecule has 0 aromatic rings. The molecule has 0 spiro atoms. The summed E-state index contributed by atoms with van der Waals surface area (Å²) in [6.07, 6.45) is 0.661. The molecule has 5 aliphatic rings. The molecule has 8 heteroatoms. The van der Waals surface area contributed by atoms with Crippen molar-refractivity contribution in [3.8, 4) is 0 Å². The molecule has 37 heavy (non-hydrogen) atoms. The van der Waals surface area contributed by atoms with Crippen molar-refractivity contribution in [2.24, 2.45) is 45.3 Å². The van der Waals surface area contributed by atoms with E-state index in [-0.39, 0.29) is 29.2 Å². The number of carbonyl (C=O) groups excluding carboxylic acids is 2. The SMILES string of the molecule is C[C@@H]1C[C@H]2[C@@H]3C[C@H](F)C4=CC(=O)C=C[C@]4(C)C3(F)[C@@H](O)C[C@]2(C)[C@@]1(OC(=O)C1C(C)(C)C1(C)C)C(O)=S. The van der Waals surface area contributed by atoms with Gasteiger partial charge in [-0.15, -0.1) is 0 Å². The third kappa shape index (κ3) is 2.90. The van der Waals surface area contributed by atoms with E-state index >= 15 is 8.78 Å². The quantitative estimate of drug-likeness (QED) is 0.371. The Morgan fingerprint density at radius 2 is 1.70 bits per heavy atom. The van der Waals surface area contributed by atoms with Crippen LogP contribution in [0.1, 0.15) is 67.7 Å².